The first kappa shape index (κ1) is 13.6. The van der Waals surface area contributed by atoms with Crippen LogP contribution in [0.3, 0.4) is 0 Å². The minimum Gasteiger partial charge on any atom is -0.478 e. The Hall–Kier alpha value is -1.84. The molecular weight excluding hydrogens is 244 g/mol. The Bertz CT molecular complexity index is 435. The van der Waals surface area contributed by atoms with Gasteiger partial charge in [0.25, 0.3) is 0 Å². The van der Waals surface area contributed by atoms with Gasteiger partial charge in [-0.2, -0.15) is 0 Å². The number of aliphatic carboxylic acids is 1. The highest BCUT2D eigenvalue weighted by Gasteiger charge is 2.29. The number of carboxylic acid groups (broad SMARTS) is 1. The van der Waals surface area contributed by atoms with Crippen molar-refractivity contribution in [2.24, 2.45) is 5.92 Å². The molecule has 1 aromatic carbocycles. The van der Waals surface area contributed by atoms with Gasteiger partial charge in [-0.05, 0) is 18.4 Å². The molecule has 0 radical (unpaired) electrons. The maximum Gasteiger partial charge on any atom is 0.345 e. The predicted molar refractivity (Wildman–Crippen MR) is 69.6 cm³/mol. The van der Waals surface area contributed by atoms with Crippen LogP contribution in [0.1, 0.15) is 31.2 Å². The van der Waals surface area contributed by atoms with E-state index in [4.69, 9.17) is 9.84 Å². The van der Waals surface area contributed by atoms with Gasteiger partial charge in [0.1, 0.15) is 0 Å². The Balaban J connectivity index is 1.96. The Morgan fingerprint density at radius 2 is 1.84 bits per heavy atom. The zero-order valence-electron chi connectivity index (χ0n) is 10.7. The van der Waals surface area contributed by atoms with Crippen LogP contribution in [0, 0.1) is 5.92 Å². The number of esters is 1. The van der Waals surface area contributed by atoms with Gasteiger partial charge in [-0.1, -0.05) is 43.2 Å². The number of carboxylic acids is 1. The van der Waals surface area contributed by atoms with Gasteiger partial charge in [0.15, 0.2) is 0 Å². The van der Waals surface area contributed by atoms with Gasteiger partial charge in [0.05, 0.1) is 5.92 Å². The van der Waals surface area contributed by atoms with E-state index in [0.29, 0.717) is 0 Å². The molecule has 0 amide bonds. The van der Waals surface area contributed by atoms with Gasteiger partial charge in [-0.15, -0.1) is 0 Å². The van der Waals surface area contributed by atoms with E-state index >= 15 is 0 Å². The number of carbonyl (C=O) groups is 2. The van der Waals surface area contributed by atoms with Crippen molar-refractivity contribution in [2.75, 3.05) is 0 Å². The largest absolute Gasteiger partial charge is 0.478 e. The van der Waals surface area contributed by atoms with Gasteiger partial charge in [-0.3, -0.25) is 4.79 Å². The molecule has 0 saturated heterocycles. The van der Waals surface area contributed by atoms with Crippen LogP contribution in [-0.4, -0.2) is 23.1 Å². The summed E-state index contributed by atoms with van der Waals surface area (Å²) in [4.78, 5) is 23.0. The molecule has 1 atom stereocenters. The molecule has 1 unspecified atom stereocenters. The number of hydrogen-bond acceptors (Lipinski definition) is 3. The lowest BCUT2D eigenvalue weighted by molar-refractivity contribution is -0.166. The molecule has 1 aliphatic carbocycles. The maximum absolute atomic E-state index is 11.9. The number of benzene rings is 1. The zero-order chi connectivity index (χ0) is 13.7. The third-order valence-electron chi connectivity index (χ3n) is 3.49. The lowest BCUT2D eigenvalue weighted by Gasteiger charge is -2.16. The number of ether oxygens (including phenoxy) is 1. The highest BCUT2D eigenvalue weighted by molar-refractivity contribution is 5.79. The van der Waals surface area contributed by atoms with E-state index in [9.17, 15) is 9.59 Å². The SMILES string of the molecule is O=C(OC(Cc1ccccc1)C(=O)O)C1CCCC1. The summed E-state index contributed by atoms with van der Waals surface area (Å²) >= 11 is 0. The highest BCUT2D eigenvalue weighted by Crippen LogP contribution is 2.26. The molecule has 19 heavy (non-hydrogen) atoms. The van der Waals surface area contributed by atoms with Crippen molar-refractivity contribution in [1.29, 1.82) is 0 Å². The lowest BCUT2D eigenvalue weighted by atomic mass is 10.1. The summed E-state index contributed by atoms with van der Waals surface area (Å²) in [6.45, 7) is 0. The summed E-state index contributed by atoms with van der Waals surface area (Å²) in [6.07, 6.45) is 2.81. The highest BCUT2D eigenvalue weighted by atomic mass is 16.6. The van der Waals surface area contributed by atoms with Gasteiger partial charge >= 0.3 is 11.9 Å². The van der Waals surface area contributed by atoms with E-state index in [0.717, 1.165) is 31.2 Å². The van der Waals surface area contributed by atoms with Gasteiger partial charge in [-0.25, -0.2) is 4.79 Å². The Labute approximate surface area is 112 Å². The lowest BCUT2D eigenvalue weighted by Crippen LogP contribution is -2.31. The average Bonchev–Trinajstić information content (AvgIpc) is 2.93. The Morgan fingerprint density at radius 1 is 1.21 bits per heavy atom. The van der Waals surface area contributed by atoms with Crippen LogP contribution in [0.5, 0.6) is 0 Å². The van der Waals surface area contributed by atoms with Crippen molar-refractivity contribution in [2.45, 2.75) is 38.2 Å². The summed E-state index contributed by atoms with van der Waals surface area (Å²) < 4.78 is 5.16. The first-order valence-corrected chi connectivity index (χ1v) is 6.64. The van der Waals surface area contributed by atoms with Crippen molar-refractivity contribution in [3.05, 3.63) is 35.9 Å². The Kier molecular flexibility index (Phi) is 4.55. The summed E-state index contributed by atoms with van der Waals surface area (Å²) in [5.41, 5.74) is 0.856. The minimum absolute atomic E-state index is 0.113. The van der Waals surface area contributed by atoms with Crippen molar-refractivity contribution in [3.8, 4) is 0 Å². The molecule has 4 heteroatoms. The molecule has 1 saturated carbocycles. The summed E-state index contributed by atoms with van der Waals surface area (Å²) in [5, 5.41) is 9.15. The maximum atomic E-state index is 11.9. The van der Waals surface area contributed by atoms with Crippen LogP contribution in [0.15, 0.2) is 30.3 Å². The molecule has 1 aliphatic rings. The smallest absolute Gasteiger partial charge is 0.345 e. The van der Waals surface area contributed by atoms with Gasteiger partial charge in [0, 0.05) is 6.42 Å². The van der Waals surface area contributed by atoms with Crippen LogP contribution in [-0.2, 0) is 20.7 Å². The number of rotatable bonds is 5. The normalized spacial score (nSPS) is 17.1. The van der Waals surface area contributed by atoms with Crippen LogP contribution >= 0.6 is 0 Å². The van der Waals surface area contributed by atoms with Crippen molar-refractivity contribution in [3.63, 3.8) is 0 Å². The summed E-state index contributed by atoms with van der Waals surface area (Å²) in [7, 11) is 0. The molecule has 102 valence electrons. The van der Waals surface area contributed by atoms with Crippen LogP contribution < -0.4 is 0 Å². The molecule has 0 heterocycles. The van der Waals surface area contributed by atoms with E-state index < -0.39 is 12.1 Å². The molecular formula is C15H18O4. The van der Waals surface area contributed by atoms with E-state index in [1.807, 2.05) is 30.3 Å². The second-order valence-corrected chi connectivity index (χ2v) is 4.93. The van der Waals surface area contributed by atoms with E-state index in [2.05, 4.69) is 0 Å². The Morgan fingerprint density at radius 3 is 2.42 bits per heavy atom. The fourth-order valence-electron chi connectivity index (χ4n) is 2.41. The molecule has 1 aromatic rings. The topological polar surface area (TPSA) is 63.6 Å². The molecule has 1 N–H and O–H groups in total. The predicted octanol–water partition coefficient (Wildman–Crippen LogP) is 2.42. The number of carbonyl (C=O) groups excluding carboxylic acids is 1. The monoisotopic (exact) mass is 262 g/mol. The van der Waals surface area contributed by atoms with Crippen molar-refractivity contribution < 1.29 is 19.4 Å². The molecule has 4 nitrogen and oxygen atoms in total. The van der Waals surface area contributed by atoms with E-state index in [-0.39, 0.29) is 18.3 Å². The molecule has 0 aromatic heterocycles. The zero-order valence-corrected chi connectivity index (χ0v) is 10.7. The standard InChI is InChI=1S/C15H18O4/c16-14(17)13(10-11-6-2-1-3-7-11)19-15(18)12-8-4-5-9-12/h1-3,6-7,12-13H,4-5,8-10H2,(H,16,17). The number of hydrogen-bond donors (Lipinski definition) is 1. The summed E-state index contributed by atoms with van der Waals surface area (Å²) in [5.74, 6) is -1.56. The third kappa shape index (κ3) is 3.81. The van der Waals surface area contributed by atoms with E-state index in [1.54, 1.807) is 0 Å². The van der Waals surface area contributed by atoms with Crippen LogP contribution in [0.4, 0.5) is 0 Å². The second-order valence-electron chi connectivity index (χ2n) is 4.93. The minimum atomic E-state index is -1.09. The third-order valence-corrected chi connectivity index (χ3v) is 3.49. The fourth-order valence-corrected chi connectivity index (χ4v) is 2.41. The molecule has 0 spiro atoms. The summed E-state index contributed by atoms with van der Waals surface area (Å²) in [6, 6.07) is 9.21. The van der Waals surface area contributed by atoms with Gasteiger partial charge in [0.2, 0.25) is 6.10 Å². The molecule has 2 rings (SSSR count). The average molecular weight is 262 g/mol. The van der Waals surface area contributed by atoms with E-state index in [1.165, 1.54) is 0 Å². The van der Waals surface area contributed by atoms with Crippen molar-refractivity contribution in [1.82, 2.24) is 0 Å². The van der Waals surface area contributed by atoms with Crippen molar-refractivity contribution >= 4 is 11.9 Å². The molecule has 0 aliphatic heterocycles. The van der Waals surface area contributed by atoms with Crippen LogP contribution in [0.25, 0.3) is 0 Å². The molecule has 1 fully saturated rings. The fraction of sp³-hybridized carbons (Fsp3) is 0.467. The van der Waals surface area contributed by atoms with Crippen LogP contribution in [0.2, 0.25) is 0 Å². The quantitative estimate of drug-likeness (QED) is 0.828. The van der Waals surface area contributed by atoms with Gasteiger partial charge < -0.3 is 9.84 Å². The first-order valence-electron chi connectivity index (χ1n) is 6.64. The molecule has 0 bridgehead atoms. The first-order chi connectivity index (χ1) is 9.16. The second kappa shape index (κ2) is 6.36.